The van der Waals surface area contributed by atoms with Gasteiger partial charge < -0.3 is 15.0 Å². The first kappa shape index (κ1) is 14.1. The number of halogens is 1. The summed E-state index contributed by atoms with van der Waals surface area (Å²) in [4.78, 5) is 0. The van der Waals surface area contributed by atoms with Crippen LogP contribution in [0.1, 0.15) is 22.6 Å². The molecule has 2 N–H and O–H groups in total. The lowest BCUT2D eigenvalue weighted by molar-refractivity contribution is 0.301. The number of ether oxygens (including phenoxy) is 1. The van der Waals surface area contributed by atoms with Crippen LogP contribution in [-0.4, -0.2) is 11.7 Å². The first-order valence-corrected chi connectivity index (χ1v) is 6.94. The summed E-state index contributed by atoms with van der Waals surface area (Å²) in [5.74, 6) is 1.63. The van der Waals surface area contributed by atoms with Gasteiger partial charge >= 0.3 is 0 Å². The molecule has 1 heterocycles. The Morgan fingerprint density at radius 3 is 2.79 bits per heavy atom. The molecule has 4 nitrogen and oxygen atoms in total. The number of hydrogen-bond donors (Lipinski definition) is 1. The van der Waals surface area contributed by atoms with Gasteiger partial charge in [-0.15, -0.1) is 0 Å². The molecular formula is C14H17BrN2O2. The molecule has 0 unspecified atom stereocenters. The molecule has 0 aliphatic rings. The third kappa shape index (κ3) is 3.36. The maximum Gasteiger partial charge on any atom is 0.140 e. The largest absolute Gasteiger partial charge is 0.489 e. The Hall–Kier alpha value is -1.33. The van der Waals surface area contributed by atoms with Crippen LogP contribution in [0.2, 0.25) is 0 Å². The van der Waals surface area contributed by atoms with Crippen LogP contribution in [0, 0.1) is 13.8 Å². The minimum Gasteiger partial charge on any atom is -0.489 e. The first-order valence-electron chi connectivity index (χ1n) is 6.15. The van der Waals surface area contributed by atoms with E-state index in [-0.39, 0.29) is 0 Å². The van der Waals surface area contributed by atoms with Gasteiger partial charge in [-0.1, -0.05) is 21.1 Å². The average molecular weight is 325 g/mol. The summed E-state index contributed by atoms with van der Waals surface area (Å²) in [7, 11) is 0. The molecule has 0 fully saturated rings. The third-order valence-electron chi connectivity index (χ3n) is 3.00. The van der Waals surface area contributed by atoms with Crippen LogP contribution in [0.4, 0.5) is 0 Å². The number of nitrogens with two attached hydrogens (primary N) is 1. The van der Waals surface area contributed by atoms with Crippen LogP contribution in [0.3, 0.4) is 0 Å². The monoisotopic (exact) mass is 324 g/mol. The molecule has 0 saturated carbocycles. The SMILES string of the molecule is Cc1noc(C)c1COc1ccc(Br)c(CCN)c1. The van der Waals surface area contributed by atoms with E-state index in [9.17, 15) is 0 Å². The molecule has 0 aliphatic carbocycles. The predicted octanol–water partition coefficient (Wildman–Crippen LogP) is 3.13. The van der Waals surface area contributed by atoms with E-state index in [0.29, 0.717) is 13.2 Å². The molecule has 0 atom stereocenters. The van der Waals surface area contributed by atoms with Crippen molar-refractivity contribution in [3.63, 3.8) is 0 Å². The van der Waals surface area contributed by atoms with Crippen molar-refractivity contribution in [1.29, 1.82) is 0 Å². The van der Waals surface area contributed by atoms with Crippen molar-refractivity contribution in [1.82, 2.24) is 5.16 Å². The molecule has 0 bridgehead atoms. The van der Waals surface area contributed by atoms with E-state index in [2.05, 4.69) is 21.1 Å². The lowest BCUT2D eigenvalue weighted by Gasteiger charge is -2.09. The molecule has 0 amide bonds. The van der Waals surface area contributed by atoms with Gasteiger partial charge in [-0.3, -0.25) is 0 Å². The fourth-order valence-electron chi connectivity index (χ4n) is 1.85. The molecule has 2 rings (SSSR count). The molecule has 102 valence electrons. The maximum atomic E-state index is 5.79. The normalized spacial score (nSPS) is 10.7. The maximum absolute atomic E-state index is 5.79. The highest BCUT2D eigenvalue weighted by atomic mass is 79.9. The fourth-order valence-corrected chi connectivity index (χ4v) is 2.30. The van der Waals surface area contributed by atoms with Crippen LogP contribution in [0.15, 0.2) is 27.2 Å². The number of rotatable bonds is 5. The number of aromatic nitrogens is 1. The van der Waals surface area contributed by atoms with Gasteiger partial charge in [0.05, 0.1) is 11.3 Å². The number of benzene rings is 1. The van der Waals surface area contributed by atoms with Crippen LogP contribution in [0.25, 0.3) is 0 Å². The summed E-state index contributed by atoms with van der Waals surface area (Å²) >= 11 is 3.51. The van der Waals surface area contributed by atoms with E-state index in [1.54, 1.807) is 0 Å². The van der Waals surface area contributed by atoms with Gasteiger partial charge in [-0.2, -0.15) is 0 Å². The summed E-state index contributed by atoms with van der Waals surface area (Å²) in [6.07, 6.45) is 0.823. The van der Waals surface area contributed by atoms with Gasteiger partial charge in [-0.25, -0.2) is 0 Å². The van der Waals surface area contributed by atoms with Gasteiger partial charge in [-0.05, 0) is 50.6 Å². The van der Waals surface area contributed by atoms with Crippen molar-refractivity contribution < 1.29 is 9.26 Å². The average Bonchev–Trinajstić information content (AvgIpc) is 2.70. The highest BCUT2D eigenvalue weighted by Gasteiger charge is 2.10. The zero-order valence-electron chi connectivity index (χ0n) is 11.1. The zero-order valence-corrected chi connectivity index (χ0v) is 12.7. The van der Waals surface area contributed by atoms with Crippen LogP contribution in [0.5, 0.6) is 5.75 Å². The highest BCUT2D eigenvalue weighted by molar-refractivity contribution is 9.10. The Kier molecular flexibility index (Phi) is 4.61. The Morgan fingerprint density at radius 2 is 2.16 bits per heavy atom. The van der Waals surface area contributed by atoms with Crippen molar-refractivity contribution in [3.8, 4) is 5.75 Å². The standard InChI is InChI=1S/C14H17BrN2O2/c1-9-13(10(2)19-17-9)8-18-12-3-4-14(15)11(7-12)5-6-16/h3-4,7H,5-6,8,16H2,1-2H3. The summed E-state index contributed by atoms with van der Waals surface area (Å²) in [5, 5.41) is 3.91. The minimum atomic E-state index is 0.463. The smallest absolute Gasteiger partial charge is 0.140 e. The molecule has 1 aromatic carbocycles. The van der Waals surface area contributed by atoms with Gasteiger partial charge in [0.25, 0.3) is 0 Å². The molecule has 0 aliphatic heterocycles. The quantitative estimate of drug-likeness (QED) is 0.917. The third-order valence-corrected chi connectivity index (χ3v) is 3.77. The van der Waals surface area contributed by atoms with Gasteiger partial charge in [0, 0.05) is 4.47 Å². The summed E-state index contributed by atoms with van der Waals surface area (Å²) in [6, 6.07) is 5.92. The van der Waals surface area contributed by atoms with E-state index < -0.39 is 0 Å². The Morgan fingerprint density at radius 1 is 1.37 bits per heavy atom. The molecular weight excluding hydrogens is 308 g/mol. The second-order valence-electron chi connectivity index (χ2n) is 4.38. The van der Waals surface area contributed by atoms with E-state index in [0.717, 1.165) is 39.2 Å². The molecule has 2 aromatic rings. The molecule has 5 heteroatoms. The van der Waals surface area contributed by atoms with E-state index >= 15 is 0 Å². The summed E-state index contributed by atoms with van der Waals surface area (Å²) in [6.45, 7) is 4.88. The van der Waals surface area contributed by atoms with Crippen molar-refractivity contribution in [2.75, 3.05) is 6.54 Å². The Bertz CT molecular complexity index is 547. The Balaban J connectivity index is 2.09. The van der Waals surface area contributed by atoms with E-state index in [1.165, 1.54) is 0 Å². The van der Waals surface area contributed by atoms with Crippen molar-refractivity contribution in [2.24, 2.45) is 5.73 Å². The first-order chi connectivity index (χ1) is 9.11. The Labute approximate surface area is 121 Å². The summed E-state index contributed by atoms with van der Waals surface area (Å²) in [5.41, 5.74) is 8.61. The van der Waals surface area contributed by atoms with Crippen LogP contribution >= 0.6 is 15.9 Å². The number of aryl methyl sites for hydroxylation is 2. The molecule has 0 radical (unpaired) electrons. The molecule has 0 saturated heterocycles. The molecule has 0 spiro atoms. The van der Waals surface area contributed by atoms with E-state index in [1.807, 2.05) is 32.0 Å². The number of hydrogen-bond acceptors (Lipinski definition) is 4. The lowest BCUT2D eigenvalue weighted by atomic mass is 10.1. The zero-order chi connectivity index (χ0) is 13.8. The second-order valence-corrected chi connectivity index (χ2v) is 5.24. The van der Waals surface area contributed by atoms with Gasteiger partial charge in [0.1, 0.15) is 18.1 Å². The topological polar surface area (TPSA) is 61.3 Å². The molecule has 1 aromatic heterocycles. The van der Waals surface area contributed by atoms with E-state index in [4.69, 9.17) is 15.0 Å². The van der Waals surface area contributed by atoms with Gasteiger partial charge in [0.2, 0.25) is 0 Å². The fraction of sp³-hybridized carbons (Fsp3) is 0.357. The second kappa shape index (κ2) is 6.21. The van der Waals surface area contributed by atoms with Crippen molar-refractivity contribution in [3.05, 3.63) is 45.3 Å². The number of nitrogens with zero attached hydrogens (tertiary/aromatic N) is 1. The van der Waals surface area contributed by atoms with Crippen LogP contribution < -0.4 is 10.5 Å². The van der Waals surface area contributed by atoms with Crippen molar-refractivity contribution >= 4 is 15.9 Å². The predicted molar refractivity (Wildman–Crippen MR) is 77.2 cm³/mol. The molecule has 19 heavy (non-hydrogen) atoms. The minimum absolute atomic E-state index is 0.463. The van der Waals surface area contributed by atoms with Crippen LogP contribution in [-0.2, 0) is 13.0 Å². The van der Waals surface area contributed by atoms with Crippen molar-refractivity contribution in [2.45, 2.75) is 26.9 Å². The summed E-state index contributed by atoms with van der Waals surface area (Å²) < 4.78 is 12.0. The van der Waals surface area contributed by atoms with Gasteiger partial charge in [0.15, 0.2) is 0 Å². The lowest BCUT2D eigenvalue weighted by Crippen LogP contribution is -2.04. The highest BCUT2D eigenvalue weighted by Crippen LogP contribution is 2.24.